The molecule has 1 amide bonds. The molecule has 2 aromatic rings. The Balaban J connectivity index is 2.00. The number of nitro groups is 1. The Morgan fingerprint density at radius 1 is 1.15 bits per heavy atom. The van der Waals surface area contributed by atoms with Crippen LogP contribution in [0.3, 0.4) is 0 Å². The first-order valence-electron chi connectivity index (χ1n) is 7.06. The van der Waals surface area contributed by atoms with Crippen LogP contribution in [0.25, 0.3) is 0 Å². The van der Waals surface area contributed by atoms with E-state index in [4.69, 9.17) is 4.74 Å². The van der Waals surface area contributed by atoms with Crippen LogP contribution < -0.4 is 10.1 Å². The van der Waals surface area contributed by atoms with Crippen molar-refractivity contribution >= 4 is 23.3 Å². The first-order valence-corrected chi connectivity index (χ1v) is 7.06. The molecule has 0 heterocycles. The molecular weight excluding hydrogens is 354 g/mol. The molecule has 1 N–H and O–H groups in total. The van der Waals surface area contributed by atoms with Gasteiger partial charge in [0.05, 0.1) is 23.3 Å². The Hall–Kier alpha value is -3.56. The minimum Gasteiger partial charge on any atom is -0.497 e. The fraction of sp³-hybridized carbons (Fsp3) is 0.125. The van der Waals surface area contributed by atoms with Gasteiger partial charge in [-0.25, -0.2) is 13.6 Å². The van der Waals surface area contributed by atoms with Gasteiger partial charge in [-0.2, -0.15) is 0 Å². The number of halogens is 2. The van der Waals surface area contributed by atoms with Gasteiger partial charge in [0, 0.05) is 18.2 Å². The molecule has 26 heavy (non-hydrogen) atoms. The van der Waals surface area contributed by atoms with E-state index in [1.807, 2.05) is 5.32 Å². The van der Waals surface area contributed by atoms with Crippen LogP contribution in [0.4, 0.5) is 20.2 Å². The number of anilines is 1. The normalized spacial score (nSPS) is 10.1. The third-order valence-electron chi connectivity index (χ3n) is 3.17. The molecule has 0 saturated carbocycles. The van der Waals surface area contributed by atoms with Crippen LogP contribution in [0.2, 0.25) is 0 Å². The summed E-state index contributed by atoms with van der Waals surface area (Å²) in [6.45, 7) is -0.841. The maximum atomic E-state index is 13.7. The molecule has 2 rings (SSSR count). The third kappa shape index (κ3) is 4.50. The predicted octanol–water partition coefficient (Wildman–Crippen LogP) is 2.68. The zero-order valence-corrected chi connectivity index (χ0v) is 13.3. The van der Waals surface area contributed by atoms with Gasteiger partial charge in [0.25, 0.3) is 11.6 Å². The van der Waals surface area contributed by atoms with Gasteiger partial charge in [0.1, 0.15) is 17.4 Å². The summed E-state index contributed by atoms with van der Waals surface area (Å²) >= 11 is 0. The number of amides is 1. The summed E-state index contributed by atoms with van der Waals surface area (Å²) in [7, 11) is 1.32. The van der Waals surface area contributed by atoms with E-state index in [0.29, 0.717) is 0 Å². The second-order valence-electron chi connectivity index (χ2n) is 4.89. The fourth-order valence-electron chi connectivity index (χ4n) is 1.91. The second kappa shape index (κ2) is 8.01. The van der Waals surface area contributed by atoms with Crippen LogP contribution >= 0.6 is 0 Å². The molecule has 0 unspecified atom stereocenters. The number of rotatable bonds is 6. The van der Waals surface area contributed by atoms with E-state index in [9.17, 15) is 28.5 Å². The number of carbonyl (C=O) groups excluding carboxylic acids is 2. The number of carbonyl (C=O) groups is 2. The maximum absolute atomic E-state index is 13.7. The highest BCUT2D eigenvalue weighted by molar-refractivity contribution is 5.95. The van der Waals surface area contributed by atoms with Crippen LogP contribution in [-0.4, -0.2) is 30.5 Å². The molecule has 10 heteroatoms. The van der Waals surface area contributed by atoms with Crippen molar-refractivity contribution in [2.75, 3.05) is 19.0 Å². The van der Waals surface area contributed by atoms with E-state index in [1.54, 1.807) is 0 Å². The van der Waals surface area contributed by atoms with E-state index < -0.39 is 52.0 Å². The van der Waals surface area contributed by atoms with Gasteiger partial charge in [0.15, 0.2) is 6.61 Å². The summed E-state index contributed by atoms with van der Waals surface area (Å²) in [5, 5.41) is 12.7. The largest absolute Gasteiger partial charge is 0.497 e. The monoisotopic (exact) mass is 366 g/mol. The topological polar surface area (TPSA) is 108 Å². The predicted molar refractivity (Wildman–Crippen MR) is 84.9 cm³/mol. The first-order chi connectivity index (χ1) is 12.3. The summed E-state index contributed by atoms with van der Waals surface area (Å²) in [4.78, 5) is 33.4. The van der Waals surface area contributed by atoms with E-state index in [-0.39, 0.29) is 5.75 Å². The van der Waals surface area contributed by atoms with Gasteiger partial charge in [-0.1, -0.05) is 0 Å². The lowest BCUT2D eigenvalue weighted by Gasteiger charge is -2.08. The maximum Gasteiger partial charge on any atom is 0.341 e. The molecule has 0 saturated heterocycles. The number of methoxy groups -OCH3 is 1. The zero-order valence-electron chi connectivity index (χ0n) is 13.3. The average molecular weight is 366 g/mol. The van der Waals surface area contributed by atoms with Gasteiger partial charge in [0.2, 0.25) is 0 Å². The molecule has 0 aliphatic rings. The van der Waals surface area contributed by atoms with Crippen molar-refractivity contribution < 1.29 is 32.8 Å². The van der Waals surface area contributed by atoms with Crippen LogP contribution in [0, 0.1) is 21.7 Å². The molecule has 0 bridgehead atoms. The van der Waals surface area contributed by atoms with Crippen molar-refractivity contribution in [1.29, 1.82) is 0 Å². The number of nitrogens with one attached hydrogen (secondary N) is 1. The smallest absolute Gasteiger partial charge is 0.341 e. The summed E-state index contributed by atoms with van der Waals surface area (Å²) in [6, 6.07) is 5.98. The number of nitro benzene ring substituents is 1. The number of ether oxygens (including phenoxy) is 2. The fourth-order valence-corrected chi connectivity index (χ4v) is 1.91. The lowest BCUT2D eigenvalue weighted by atomic mass is 10.2. The zero-order chi connectivity index (χ0) is 19.3. The van der Waals surface area contributed by atoms with Gasteiger partial charge in [-0.15, -0.1) is 0 Å². The molecule has 0 atom stereocenters. The highest BCUT2D eigenvalue weighted by Crippen LogP contribution is 2.21. The van der Waals surface area contributed by atoms with Crippen molar-refractivity contribution in [3.8, 4) is 5.75 Å². The minimum absolute atomic E-state index is 0.193. The number of nitrogens with zero attached hydrogens (tertiary/aromatic N) is 1. The molecule has 0 spiro atoms. The molecule has 0 aliphatic carbocycles. The highest BCUT2D eigenvalue weighted by atomic mass is 19.1. The molecule has 0 aromatic heterocycles. The number of hydrogen-bond acceptors (Lipinski definition) is 6. The Labute approximate surface area is 145 Å². The number of benzene rings is 2. The van der Waals surface area contributed by atoms with Crippen LogP contribution in [0.1, 0.15) is 10.4 Å². The Morgan fingerprint density at radius 2 is 1.88 bits per heavy atom. The summed E-state index contributed by atoms with van der Waals surface area (Å²) < 4.78 is 36.8. The van der Waals surface area contributed by atoms with Crippen LogP contribution in [-0.2, 0) is 9.53 Å². The SMILES string of the molecule is COc1ccc(C(=O)OCC(=O)Nc2cc([N+](=O)[O-])ccc2F)c(F)c1. The van der Waals surface area contributed by atoms with Crippen molar-refractivity contribution in [2.24, 2.45) is 0 Å². The molecule has 0 aliphatic heterocycles. The molecular formula is C16H12F2N2O6. The Bertz CT molecular complexity index is 872. The van der Waals surface area contributed by atoms with Gasteiger partial charge < -0.3 is 14.8 Å². The minimum atomic E-state index is -1.11. The van der Waals surface area contributed by atoms with Crippen molar-refractivity contribution in [3.63, 3.8) is 0 Å². The van der Waals surface area contributed by atoms with E-state index in [1.165, 1.54) is 13.2 Å². The highest BCUT2D eigenvalue weighted by Gasteiger charge is 2.17. The average Bonchev–Trinajstić information content (AvgIpc) is 2.61. The lowest BCUT2D eigenvalue weighted by molar-refractivity contribution is -0.384. The molecule has 8 nitrogen and oxygen atoms in total. The summed E-state index contributed by atoms with van der Waals surface area (Å²) in [5.74, 6) is -3.68. The lowest BCUT2D eigenvalue weighted by Crippen LogP contribution is -2.22. The van der Waals surface area contributed by atoms with Crippen molar-refractivity contribution in [2.45, 2.75) is 0 Å². The van der Waals surface area contributed by atoms with Gasteiger partial charge in [-0.3, -0.25) is 14.9 Å². The molecule has 0 fully saturated rings. The quantitative estimate of drug-likeness (QED) is 0.478. The molecule has 0 radical (unpaired) electrons. The Morgan fingerprint density at radius 3 is 2.50 bits per heavy atom. The van der Waals surface area contributed by atoms with Crippen molar-refractivity contribution in [3.05, 3.63) is 63.7 Å². The summed E-state index contributed by atoms with van der Waals surface area (Å²) in [6.07, 6.45) is 0. The van der Waals surface area contributed by atoms with Crippen LogP contribution in [0.5, 0.6) is 5.75 Å². The first kappa shape index (κ1) is 18.8. The van der Waals surface area contributed by atoms with Gasteiger partial charge >= 0.3 is 5.97 Å². The number of non-ortho nitro benzene ring substituents is 1. The van der Waals surface area contributed by atoms with E-state index >= 15 is 0 Å². The molecule has 136 valence electrons. The van der Waals surface area contributed by atoms with Crippen molar-refractivity contribution in [1.82, 2.24) is 0 Å². The number of esters is 1. The third-order valence-corrected chi connectivity index (χ3v) is 3.17. The Kier molecular flexibility index (Phi) is 5.78. The molecule has 2 aromatic carbocycles. The standard InChI is InChI=1S/C16H12F2N2O6/c1-25-10-3-4-11(13(18)7-10)16(22)26-8-15(21)19-14-6-9(20(23)24)2-5-12(14)17/h2-7H,8H2,1H3,(H,19,21). The summed E-state index contributed by atoms with van der Waals surface area (Å²) in [5.41, 5.74) is -1.30. The van der Waals surface area contributed by atoms with Gasteiger partial charge in [-0.05, 0) is 18.2 Å². The van der Waals surface area contributed by atoms with Crippen LogP contribution in [0.15, 0.2) is 36.4 Å². The second-order valence-corrected chi connectivity index (χ2v) is 4.89. The number of hydrogen-bond donors (Lipinski definition) is 1. The van der Waals surface area contributed by atoms with E-state index in [0.717, 1.165) is 30.3 Å². The van der Waals surface area contributed by atoms with E-state index in [2.05, 4.69) is 4.74 Å².